The summed E-state index contributed by atoms with van der Waals surface area (Å²) in [5.74, 6) is -0.593. The van der Waals surface area contributed by atoms with Crippen LogP contribution in [0.3, 0.4) is 0 Å². The van der Waals surface area contributed by atoms with Crippen LogP contribution in [0.5, 0.6) is 0 Å². The molecule has 1 aliphatic rings. The van der Waals surface area contributed by atoms with E-state index in [4.69, 9.17) is 14.6 Å². The molecule has 0 aromatic carbocycles. The molecule has 0 bridgehead atoms. The summed E-state index contributed by atoms with van der Waals surface area (Å²) in [7, 11) is 0. The molecule has 1 aliphatic heterocycles. The Hall–Kier alpha value is -0.990. The number of unbranched alkanes of at least 4 members (excludes halogenated alkanes) is 3. The average molecular weight is 332 g/mol. The zero-order chi connectivity index (χ0) is 17.2. The molecule has 0 spiro atoms. The van der Waals surface area contributed by atoms with E-state index in [0.717, 1.165) is 19.3 Å². The topological polar surface area (TPSA) is 116 Å². The number of carbonyl (C=O) groups excluding carboxylic acids is 1. The van der Waals surface area contributed by atoms with Crippen molar-refractivity contribution < 1.29 is 34.7 Å². The lowest BCUT2D eigenvalue weighted by molar-refractivity contribution is -0.290. The Morgan fingerprint density at radius 1 is 1.13 bits per heavy atom. The lowest BCUT2D eigenvalue weighted by atomic mass is 9.99. The number of hydrogen-bond acceptors (Lipinski definition) is 7. The van der Waals surface area contributed by atoms with Crippen LogP contribution in [-0.2, 0) is 14.3 Å². The average Bonchev–Trinajstić information content (AvgIpc) is 2.54. The second-order valence-electron chi connectivity index (χ2n) is 5.69. The van der Waals surface area contributed by atoms with Gasteiger partial charge in [-0.2, -0.15) is 0 Å². The molecule has 0 amide bonds. The third-order valence-corrected chi connectivity index (χ3v) is 3.77. The summed E-state index contributed by atoms with van der Waals surface area (Å²) < 4.78 is 9.90. The van der Waals surface area contributed by atoms with Crippen LogP contribution in [0.2, 0.25) is 0 Å². The molecule has 1 fully saturated rings. The third-order valence-electron chi connectivity index (χ3n) is 3.77. The van der Waals surface area contributed by atoms with Crippen molar-refractivity contribution in [3.05, 3.63) is 12.2 Å². The predicted octanol–water partition coefficient (Wildman–Crippen LogP) is 0.246. The molecule has 4 N–H and O–H groups in total. The number of aliphatic hydroxyl groups excluding tert-OH is 4. The summed E-state index contributed by atoms with van der Waals surface area (Å²) in [5, 5.41) is 38.2. The number of carbonyl (C=O) groups is 1. The molecule has 1 saturated heterocycles. The van der Waals surface area contributed by atoms with E-state index in [0.29, 0.717) is 6.42 Å². The molecule has 0 aromatic heterocycles. The van der Waals surface area contributed by atoms with Crippen molar-refractivity contribution in [3.8, 4) is 0 Å². The molecule has 1 rings (SSSR count). The van der Waals surface area contributed by atoms with E-state index in [9.17, 15) is 20.1 Å². The van der Waals surface area contributed by atoms with Gasteiger partial charge in [0.05, 0.1) is 6.61 Å². The predicted molar refractivity (Wildman–Crippen MR) is 82.4 cm³/mol. The maximum atomic E-state index is 11.7. The minimum Gasteiger partial charge on any atom is -0.454 e. The third kappa shape index (κ3) is 6.56. The fourth-order valence-corrected chi connectivity index (χ4v) is 2.36. The Morgan fingerprint density at radius 2 is 1.83 bits per heavy atom. The van der Waals surface area contributed by atoms with E-state index in [-0.39, 0.29) is 6.42 Å². The molecular weight excluding hydrogens is 304 g/mol. The van der Waals surface area contributed by atoms with Gasteiger partial charge in [-0.1, -0.05) is 31.9 Å². The highest BCUT2D eigenvalue weighted by Crippen LogP contribution is 2.22. The molecule has 7 heteroatoms. The minimum absolute atomic E-state index is 0.111. The highest BCUT2D eigenvalue weighted by Gasteiger charge is 2.45. The van der Waals surface area contributed by atoms with Gasteiger partial charge in [0.1, 0.15) is 18.3 Å². The first-order valence-electron chi connectivity index (χ1n) is 8.16. The van der Waals surface area contributed by atoms with Gasteiger partial charge < -0.3 is 29.9 Å². The fraction of sp³-hybridized carbons (Fsp3) is 0.812. The van der Waals surface area contributed by atoms with Gasteiger partial charge in [-0.15, -0.1) is 0 Å². The Bertz CT molecular complexity index is 371. The second-order valence-corrected chi connectivity index (χ2v) is 5.69. The molecule has 0 aliphatic carbocycles. The van der Waals surface area contributed by atoms with Gasteiger partial charge in [-0.05, 0) is 19.3 Å². The van der Waals surface area contributed by atoms with Gasteiger partial charge in [0.25, 0.3) is 0 Å². The van der Waals surface area contributed by atoms with Crippen molar-refractivity contribution in [2.45, 2.75) is 76.2 Å². The number of esters is 1. The highest BCUT2D eigenvalue weighted by molar-refractivity contribution is 5.69. The van der Waals surface area contributed by atoms with Crippen LogP contribution in [0.1, 0.15) is 45.4 Å². The van der Waals surface area contributed by atoms with Gasteiger partial charge in [0.2, 0.25) is 0 Å². The molecule has 0 saturated carbocycles. The van der Waals surface area contributed by atoms with Gasteiger partial charge in [0, 0.05) is 6.42 Å². The normalized spacial score (nSPS) is 31.4. The first-order chi connectivity index (χ1) is 11.0. The van der Waals surface area contributed by atoms with E-state index in [2.05, 4.69) is 6.92 Å². The van der Waals surface area contributed by atoms with Crippen LogP contribution in [0, 0.1) is 0 Å². The Kier molecular flexibility index (Phi) is 9.35. The fourth-order valence-electron chi connectivity index (χ4n) is 2.36. The van der Waals surface area contributed by atoms with Crippen LogP contribution >= 0.6 is 0 Å². The van der Waals surface area contributed by atoms with Crippen molar-refractivity contribution in [1.29, 1.82) is 0 Å². The summed E-state index contributed by atoms with van der Waals surface area (Å²) in [4.78, 5) is 11.7. The number of rotatable bonds is 9. The molecule has 0 aromatic rings. The van der Waals surface area contributed by atoms with Crippen molar-refractivity contribution >= 4 is 5.97 Å². The Labute approximate surface area is 136 Å². The quantitative estimate of drug-likeness (QED) is 0.272. The summed E-state index contributed by atoms with van der Waals surface area (Å²) >= 11 is 0. The van der Waals surface area contributed by atoms with Crippen molar-refractivity contribution in [3.63, 3.8) is 0 Å². The summed E-state index contributed by atoms with van der Waals surface area (Å²) in [6, 6.07) is 0. The first-order valence-corrected chi connectivity index (χ1v) is 8.16. The summed E-state index contributed by atoms with van der Waals surface area (Å²) in [6.45, 7) is 1.58. The maximum Gasteiger partial charge on any atom is 0.306 e. The van der Waals surface area contributed by atoms with Crippen LogP contribution in [0.15, 0.2) is 12.2 Å². The highest BCUT2D eigenvalue weighted by atomic mass is 16.7. The molecule has 1 heterocycles. The van der Waals surface area contributed by atoms with Crippen LogP contribution in [-0.4, -0.2) is 63.7 Å². The Balaban J connectivity index is 2.33. The van der Waals surface area contributed by atoms with E-state index in [1.54, 1.807) is 0 Å². The number of aliphatic hydroxyl groups is 4. The standard InChI is InChI=1S/C16H28O7/c1-2-3-4-5-6-7-8-9-12(18)23-15-14(20)13(19)11(10-17)22-16(15)21/h6-7,11,13-17,19-21H,2-5,8-10H2,1H3/b7-6-/t11-,13-,14+,15-,16-/m1/s1. The summed E-state index contributed by atoms with van der Waals surface area (Å²) in [6.07, 6.45) is 1.98. The number of ether oxygens (including phenoxy) is 2. The molecule has 134 valence electrons. The van der Waals surface area contributed by atoms with Gasteiger partial charge in [-0.25, -0.2) is 0 Å². The monoisotopic (exact) mass is 332 g/mol. The molecule has 0 radical (unpaired) electrons. The maximum absolute atomic E-state index is 11.7. The molecular formula is C16H28O7. The zero-order valence-electron chi connectivity index (χ0n) is 13.5. The van der Waals surface area contributed by atoms with E-state index < -0.39 is 43.3 Å². The van der Waals surface area contributed by atoms with Gasteiger partial charge >= 0.3 is 5.97 Å². The van der Waals surface area contributed by atoms with Crippen LogP contribution in [0.25, 0.3) is 0 Å². The number of hydrogen-bond donors (Lipinski definition) is 4. The smallest absolute Gasteiger partial charge is 0.306 e. The van der Waals surface area contributed by atoms with E-state index >= 15 is 0 Å². The van der Waals surface area contributed by atoms with E-state index in [1.807, 2.05) is 12.2 Å². The molecule has 5 atom stereocenters. The minimum atomic E-state index is -1.58. The van der Waals surface area contributed by atoms with Crippen molar-refractivity contribution in [1.82, 2.24) is 0 Å². The second kappa shape index (κ2) is 10.7. The molecule has 23 heavy (non-hydrogen) atoms. The van der Waals surface area contributed by atoms with Crippen LogP contribution < -0.4 is 0 Å². The first kappa shape index (κ1) is 20.1. The number of allylic oxidation sites excluding steroid dienone is 2. The van der Waals surface area contributed by atoms with Gasteiger partial charge in [-0.3, -0.25) is 4.79 Å². The Morgan fingerprint density at radius 3 is 2.48 bits per heavy atom. The van der Waals surface area contributed by atoms with E-state index in [1.165, 1.54) is 6.42 Å². The summed E-state index contributed by atoms with van der Waals surface area (Å²) in [5.41, 5.74) is 0. The molecule has 7 nitrogen and oxygen atoms in total. The van der Waals surface area contributed by atoms with Crippen molar-refractivity contribution in [2.75, 3.05) is 6.61 Å². The molecule has 0 unspecified atom stereocenters. The SMILES string of the molecule is CCCCC/C=C\CCC(=O)O[C@@H]1[C@@H](O)[C@H](O)[C@@H](CO)O[C@H]1O. The lowest BCUT2D eigenvalue weighted by Gasteiger charge is -2.39. The lowest BCUT2D eigenvalue weighted by Crippen LogP contribution is -2.59. The largest absolute Gasteiger partial charge is 0.454 e. The van der Waals surface area contributed by atoms with Crippen LogP contribution in [0.4, 0.5) is 0 Å². The van der Waals surface area contributed by atoms with Crippen molar-refractivity contribution in [2.24, 2.45) is 0 Å². The zero-order valence-corrected chi connectivity index (χ0v) is 13.5. The van der Waals surface area contributed by atoms with Gasteiger partial charge in [0.15, 0.2) is 12.4 Å².